The van der Waals surface area contributed by atoms with Crippen molar-refractivity contribution in [2.75, 3.05) is 32.8 Å². The molecule has 1 fully saturated rings. The SMILES string of the molecule is Cn1cccc1CNCC(C)(C)N1CCOCC1. The second-order valence-corrected chi connectivity index (χ2v) is 5.63. The molecular formula is C14H25N3O. The largest absolute Gasteiger partial charge is 0.379 e. The van der Waals surface area contributed by atoms with E-state index in [9.17, 15) is 0 Å². The smallest absolute Gasteiger partial charge is 0.0594 e. The maximum atomic E-state index is 5.41. The predicted molar refractivity (Wildman–Crippen MR) is 73.6 cm³/mol. The van der Waals surface area contributed by atoms with Gasteiger partial charge in [0.1, 0.15) is 0 Å². The molecule has 0 unspecified atom stereocenters. The van der Waals surface area contributed by atoms with Crippen LogP contribution >= 0.6 is 0 Å². The molecule has 0 aliphatic carbocycles. The minimum atomic E-state index is 0.189. The summed E-state index contributed by atoms with van der Waals surface area (Å²) in [6, 6.07) is 4.25. The van der Waals surface area contributed by atoms with Gasteiger partial charge >= 0.3 is 0 Å². The first-order valence-electron chi connectivity index (χ1n) is 6.73. The molecule has 4 heteroatoms. The minimum absolute atomic E-state index is 0.189. The second-order valence-electron chi connectivity index (χ2n) is 5.63. The van der Waals surface area contributed by atoms with Gasteiger partial charge in [-0.1, -0.05) is 0 Å². The molecule has 1 aromatic heterocycles. The molecule has 102 valence electrons. The van der Waals surface area contributed by atoms with Crippen molar-refractivity contribution >= 4 is 0 Å². The van der Waals surface area contributed by atoms with Crippen LogP contribution in [0.4, 0.5) is 0 Å². The number of aromatic nitrogens is 1. The highest BCUT2D eigenvalue weighted by Crippen LogP contribution is 2.15. The number of nitrogens with one attached hydrogen (secondary N) is 1. The lowest BCUT2D eigenvalue weighted by Crippen LogP contribution is -2.54. The minimum Gasteiger partial charge on any atom is -0.379 e. The standard InChI is InChI=1S/C14H25N3O/c1-14(2,17-7-9-18-10-8-17)12-15-11-13-5-4-6-16(13)3/h4-6,15H,7-12H2,1-3H3. The highest BCUT2D eigenvalue weighted by molar-refractivity contribution is 5.06. The molecule has 1 aliphatic heterocycles. The Hall–Kier alpha value is -0.840. The molecule has 2 heterocycles. The third kappa shape index (κ3) is 3.34. The van der Waals surface area contributed by atoms with Crippen molar-refractivity contribution in [3.8, 4) is 0 Å². The Balaban J connectivity index is 1.79. The molecule has 0 spiro atoms. The van der Waals surface area contributed by atoms with E-state index < -0.39 is 0 Å². The first kappa shape index (κ1) is 13.6. The Morgan fingerprint density at radius 1 is 1.33 bits per heavy atom. The third-order valence-electron chi connectivity index (χ3n) is 3.78. The summed E-state index contributed by atoms with van der Waals surface area (Å²) in [5.74, 6) is 0. The first-order chi connectivity index (χ1) is 8.59. The Kier molecular flexibility index (Phi) is 4.43. The predicted octanol–water partition coefficient (Wildman–Crippen LogP) is 1.23. The monoisotopic (exact) mass is 251 g/mol. The van der Waals surface area contributed by atoms with Gasteiger partial charge in [0.05, 0.1) is 13.2 Å². The third-order valence-corrected chi connectivity index (χ3v) is 3.78. The number of ether oxygens (including phenoxy) is 1. The van der Waals surface area contributed by atoms with Gasteiger partial charge in [-0.15, -0.1) is 0 Å². The van der Waals surface area contributed by atoms with E-state index in [0.29, 0.717) is 0 Å². The molecule has 0 atom stereocenters. The molecule has 1 aromatic rings. The molecule has 4 nitrogen and oxygen atoms in total. The number of nitrogens with zero attached hydrogens (tertiary/aromatic N) is 2. The van der Waals surface area contributed by atoms with Gasteiger partial charge in [0, 0.05) is 50.7 Å². The number of morpholine rings is 1. The quantitative estimate of drug-likeness (QED) is 0.853. The zero-order valence-corrected chi connectivity index (χ0v) is 11.8. The number of hydrogen-bond donors (Lipinski definition) is 1. The van der Waals surface area contributed by atoms with E-state index in [4.69, 9.17) is 4.74 Å². The van der Waals surface area contributed by atoms with Crippen molar-refractivity contribution in [3.63, 3.8) is 0 Å². The Morgan fingerprint density at radius 3 is 2.67 bits per heavy atom. The van der Waals surface area contributed by atoms with E-state index in [1.54, 1.807) is 0 Å². The van der Waals surface area contributed by atoms with Crippen molar-refractivity contribution in [2.45, 2.75) is 25.9 Å². The summed E-state index contributed by atoms with van der Waals surface area (Å²) in [6.45, 7) is 10.3. The summed E-state index contributed by atoms with van der Waals surface area (Å²) < 4.78 is 7.57. The molecule has 1 saturated heterocycles. The molecule has 0 aromatic carbocycles. The number of aryl methyl sites for hydroxylation is 1. The van der Waals surface area contributed by atoms with Gasteiger partial charge < -0.3 is 14.6 Å². The summed E-state index contributed by atoms with van der Waals surface area (Å²) in [5, 5.41) is 3.56. The normalized spacial score (nSPS) is 18.2. The van der Waals surface area contributed by atoms with Gasteiger partial charge in [0.15, 0.2) is 0 Å². The van der Waals surface area contributed by atoms with Gasteiger partial charge in [0.25, 0.3) is 0 Å². The van der Waals surface area contributed by atoms with Crippen molar-refractivity contribution in [3.05, 3.63) is 24.0 Å². The molecule has 0 radical (unpaired) electrons. The van der Waals surface area contributed by atoms with Crippen LogP contribution in [0.25, 0.3) is 0 Å². The van der Waals surface area contributed by atoms with Gasteiger partial charge in [-0.3, -0.25) is 4.90 Å². The van der Waals surface area contributed by atoms with Crippen LogP contribution in [0.5, 0.6) is 0 Å². The molecule has 18 heavy (non-hydrogen) atoms. The van der Waals surface area contributed by atoms with Crippen molar-refractivity contribution in [1.29, 1.82) is 0 Å². The van der Waals surface area contributed by atoms with Crippen LogP contribution in [0.15, 0.2) is 18.3 Å². The van der Waals surface area contributed by atoms with Crippen LogP contribution in [-0.2, 0) is 18.3 Å². The zero-order valence-electron chi connectivity index (χ0n) is 11.8. The summed E-state index contributed by atoms with van der Waals surface area (Å²) in [6.07, 6.45) is 2.09. The Bertz CT molecular complexity index is 367. The van der Waals surface area contributed by atoms with Crippen LogP contribution in [0.1, 0.15) is 19.5 Å². The van der Waals surface area contributed by atoms with E-state index >= 15 is 0 Å². The Morgan fingerprint density at radius 2 is 2.06 bits per heavy atom. The molecule has 0 amide bonds. The van der Waals surface area contributed by atoms with Gasteiger partial charge in [-0.2, -0.15) is 0 Å². The fourth-order valence-electron chi connectivity index (χ4n) is 2.46. The van der Waals surface area contributed by atoms with E-state index in [-0.39, 0.29) is 5.54 Å². The maximum Gasteiger partial charge on any atom is 0.0594 e. The van der Waals surface area contributed by atoms with Gasteiger partial charge in [0.2, 0.25) is 0 Å². The van der Waals surface area contributed by atoms with Crippen LogP contribution in [0.3, 0.4) is 0 Å². The molecule has 2 rings (SSSR count). The summed E-state index contributed by atoms with van der Waals surface area (Å²) in [5.41, 5.74) is 1.52. The van der Waals surface area contributed by atoms with Gasteiger partial charge in [-0.25, -0.2) is 0 Å². The summed E-state index contributed by atoms with van der Waals surface area (Å²) >= 11 is 0. The van der Waals surface area contributed by atoms with Crippen LogP contribution in [-0.4, -0.2) is 47.9 Å². The summed E-state index contributed by atoms with van der Waals surface area (Å²) in [7, 11) is 2.09. The van der Waals surface area contributed by atoms with Crippen LogP contribution in [0.2, 0.25) is 0 Å². The molecular weight excluding hydrogens is 226 g/mol. The fraction of sp³-hybridized carbons (Fsp3) is 0.714. The van der Waals surface area contributed by atoms with Gasteiger partial charge in [-0.05, 0) is 26.0 Å². The molecule has 0 saturated carbocycles. The van der Waals surface area contributed by atoms with Crippen LogP contribution in [0, 0.1) is 0 Å². The van der Waals surface area contributed by atoms with E-state index in [1.165, 1.54) is 5.69 Å². The average Bonchev–Trinajstić information content (AvgIpc) is 2.76. The molecule has 1 aliphatic rings. The van der Waals surface area contributed by atoms with E-state index in [2.05, 4.69) is 54.0 Å². The molecule has 0 bridgehead atoms. The first-order valence-corrected chi connectivity index (χ1v) is 6.73. The van der Waals surface area contributed by atoms with E-state index in [1.807, 2.05) is 0 Å². The lowest BCUT2D eigenvalue weighted by atomic mass is 10.0. The number of hydrogen-bond acceptors (Lipinski definition) is 3. The molecule has 1 N–H and O–H groups in total. The van der Waals surface area contributed by atoms with Crippen molar-refractivity contribution in [2.24, 2.45) is 7.05 Å². The number of rotatable bonds is 5. The zero-order chi connectivity index (χ0) is 13.0. The average molecular weight is 251 g/mol. The highest BCUT2D eigenvalue weighted by Gasteiger charge is 2.27. The van der Waals surface area contributed by atoms with Crippen molar-refractivity contribution < 1.29 is 4.74 Å². The van der Waals surface area contributed by atoms with Crippen LogP contribution < -0.4 is 5.32 Å². The summed E-state index contributed by atoms with van der Waals surface area (Å²) in [4.78, 5) is 2.51. The van der Waals surface area contributed by atoms with E-state index in [0.717, 1.165) is 39.4 Å². The highest BCUT2D eigenvalue weighted by atomic mass is 16.5. The lowest BCUT2D eigenvalue weighted by molar-refractivity contribution is -0.00970. The lowest BCUT2D eigenvalue weighted by Gasteiger charge is -2.41. The van der Waals surface area contributed by atoms with Crippen molar-refractivity contribution in [1.82, 2.24) is 14.8 Å². The second kappa shape index (κ2) is 5.87. The fourth-order valence-corrected chi connectivity index (χ4v) is 2.46. The topological polar surface area (TPSA) is 29.4 Å². The Labute approximate surface area is 110 Å². The maximum absolute atomic E-state index is 5.41.